The van der Waals surface area contributed by atoms with Crippen molar-refractivity contribution in [3.63, 3.8) is 0 Å². The molecule has 1 aromatic rings. The number of sulfone groups is 1. The van der Waals surface area contributed by atoms with Crippen molar-refractivity contribution in [3.05, 3.63) is 22.4 Å². The highest BCUT2D eigenvalue weighted by Gasteiger charge is 2.29. The van der Waals surface area contributed by atoms with E-state index in [1.807, 2.05) is 13.0 Å². The van der Waals surface area contributed by atoms with Gasteiger partial charge in [0.1, 0.15) is 4.60 Å². The minimum atomic E-state index is -2.92. The highest BCUT2D eigenvalue weighted by atomic mass is 79.9. The molecule has 5 nitrogen and oxygen atoms in total. The van der Waals surface area contributed by atoms with Crippen molar-refractivity contribution in [2.45, 2.75) is 19.8 Å². The monoisotopic (exact) mass is 346 g/mol. The third kappa shape index (κ3) is 4.01. The van der Waals surface area contributed by atoms with Gasteiger partial charge in [0.25, 0.3) is 0 Å². The molecule has 2 rings (SSSR count). The van der Waals surface area contributed by atoms with E-state index in [0.29, 0.717) is 12.1 Å². The van der Waals surface area contributed by atoms with Gasteiger partial charge in [-0.2, -0.15) is 0 Å². The molecule has 1 aromatic heterocycles. The molecule has 7 heteroatoms. The first-order valence-electron chi connectivity index (χ1n) is 5.98. The number of carbonyl (C=O) groups excluding carboxylic acids is 1. The number of nitrogens with one attached hydrogen (secondary N) is 1. The average Bonchev–Trinajstić information content (AvgIpc) is 2.63. The Kier molecular flexibility index (Phi) is 4.25. The minimum absolute atomic E-state index is 0.0606. The summed E-state index contributed by atoms with van der Waals surface area (Å²) in [6, 6.07) is 1.82. The van der Waals surface area contributed by atoms with Gasteiger partial charge >= 0.3 is 0 Å². The first-order chi connectivity index (χ1) is 8.85. The van der Waals surface area contributed by atoms with Crippen molar-refractivity contribution >= 4 is 37.4 Å². The van der Waals surface area contributed by atoms with Gasteiger partial charge in [0.05, 0.1) is 23.4 Å². The summed E-state index contributed by atoms with van der Waals surface area (Å²) in [5.74, 6) is 0.0993. The van der Waals surface area contributed by atoms with E-state index in [-0.39, 0.29) is 29.8 Å². The van der Waals surface area contributed by atoms with E-state index < -0.39 is 9.84 Å². The third-order valence-corrected chi connectivity index (χ3v) is 5.77. The summed E-state index contributed by atoms with van der Waals surface area (Å²) in [7, 11) is -2.92. The molecular weight excluding hydrogens is 332 g/mol. The van der Waals surface area contributed by atoms with Crippen molar-refractivity contribution in [2.75, 3.05) is 16.8 Å². The van der Waals surface area contributed by atoms with E-state index in [9.17, 15) is 13.2 Å². The van der Waals surface area contributed by atoms with Gasteiger partial charge in [-0.15, -0.1) is 0 Å². The molecule has 0 aliphatic carbocycles. The van der Waals surface area contributed by atoms with E-state index in [4.69, 9.17) is 0 Å². The molecular formula is C12H15BrN2O3S. The summed E-state index contributed by atoms with van der Waals surface area (Å²) in [6.07, 6.45) is 2.39. The molecule has 104 valence electrons. The number of rotatable bonds is 3. The fourth-order valence-electron chi connectivity index (χ4n) is 2.13. The second kappa shape index (κ2) is 5.58. The van der Waals surface area contributed by atoms with Crippen molar-refractivity contribution in [1.82, 2.24) is 4.98 Å². The fraction of sp³-hybridized carbons (Fsp3) is 0.500. The van der Waals surface area contributed by atoms with Gasteiger partial charge in [-0.1, -0.05) is 0 Å². The van der Waals surface area contributed by atoms with Gasteiger partial charge < -0.3 is 5.32 Å². The van der Waals surface area contributed by atoms with Crippen LogP contribution in [0.15, 0.2) is 16.9 Å². The number of anilines is 1. The maximum absolute atomic E-state index is 11.8. The lowest BCUT2D eigenvalue weighted by atomic mass is 10.1. The molecule has 1 amide bonds. The van der Waals surface area contributed by atoms with Crippen LogP contribution in [0.25, 0.3) is 0 Å². The molecule has 1 atom stereocenters. The molecule has 0 bridgehead atoms. The number of carbonyl (C=O) groups is 1. The van der Waals surface area contributed by atoms with Gasteiger partial charge in [0.2, 0.25) is 5.91 Å². The second-order valence-electron chi connectivity index (χ2n) is 4.85. The Balaban J connectivity index is 1.93. The standard InChI is InChI=1S/C12H15BrN2O3S/c1-8-4-10(6-14-12(8)13)15-11(16)5-9-2-3-19(17,18)7-9/h4,6,9H,2-3,5,7H2,1H3,(H,15,16). The molecule has 1 fully saturated rings. The zero-order valence-corrected chi connectivity index (χ0v) is 12.9. The second-order valence-corrected chi connectivity index (χ2v) is 7.83. The summed E-state index contributed by atoms with van der Waals surface area (Å²) < 4.78 is 23.4. The SMILES string of the molecule is Cc1cc(NC(=O)CC2CCS(=O)(=O)C2)cnc1Br. The van der Waals surface area contributed by atoms with Gasteiger partial charge in [-0.05, 0) is 46.8 Å². The number of aromatic nitrogens is 1. The van der Waals surface area contributed by atoms with Gasteiger partial charge in [-0.25, -0.2) is 13.4 Å². The van der Waals surface area contributed by atoms with Crippen LogP contribution in [0.1, 0.15) is 18.4 Å². The summed E-state index contributed by atoms with van der Waals surface area (Å²) in [5, 5.41) is 2.75. The Morgan fingerprint density at radius 1 is 1.58 bits per heavy atom. The van der Waals surface area contributed by atoms with Gasteiger partial charge in [-0.3, -0.25) is 4.79 Å². The smallest absolute Gasteiger partial charge is 0.224 e. The first kappa shape index (κ1) is 14.5. The molecule has 0 spiro atoms. The third-order valence-electron chi connectivity index (χ3n) is 3.10. The Bertz CT molecular complexity index is 601. The highest BCUT2D eigenvalue weighted by molar-refractivity contribution is 9.10. The summed E-state index contributed by atoms with van der Waals surface area (Å²) >= 11 is 3.29. The maximum Gasteiger partial charge on any atom is 0.224 e. The van der Waals surface area contributed by atoms with E-state index in [2.05, 4.69) is 26.2 Å². The average molecular weight is 347 g/mol. The quantitative estimate of drug-likeness (QED) is 0.848. The van der Waals surface area contributed by atoms with Crippen molar-refractivity contribution in [3.8, 4) is 0 Å². The number of halogens is 1. The lowest BCUT2D eigenvalue weighted by molar-refractivity contribution is -0.116. The summed E-state index contributed by atoms with van der Waals surface area (Å²) in [4.78, 5) is 15.9. The molecule has 0 aromatic carbocycles. The van der Waals surface area contributed by atoms with Crippen LogP contribution in [0, 0.1) is 12.8 Å². The number of hydrogen-bond donors (Lipinski definition) is 1. The topological polar surface area (TPSA) is 76.1 Å². The lowest BCUT2D eigenvalue weighted by Gasteiger charge is -2.09. The largest absolute Gasteiger partial charge is 0.325 e. The van der Waals surface area contributed by atoms with Crippen LogP contribution in [0.5, 0.6) is 0 Å². The molecule has 0 saturated carbocycles. The van der Waals surface area contributed by atoms with Gasteiger partial charge in [0.15, 0.2) is 9.84 Å². The lowest BCUT2D eigenvalue weighted by Crippen LogP contribution is -2.17. The van der Waals surface area contributed by atoms with E-state index in [0.717, 1.165) is 10.2 Å². The van der Waals surface area contributed by atoms with Crippen LogP contribution < -0.4 is 5.32 Å². The predicted octanol–water partition coefficient (Wildman–Crippen LogP) is 1.92. The van der Waals surface area contributed by atoms with Crippen LogP contribution in [-0.2, 0) is 14.6 Å². The summed E-state index contributed by atoms with van der Waals surface area (Å²) in [6.45, 7) is 1.89. The van der Waals surface area contributed by atoms with Crippen LogP contribution in [0.3, 0.4) is 0 Å². The Labute approximate surface area is 120 Å². The zero-order valence-electron chi connectivity index (χ0n) is 10.5. The normalized spacial score (nSPS) is 21.3. The number of nitrogens with zero attached hydrogens (tertiary/aromatic N) is 1. The molecule has 1 aliphatic heterocycles. The molecule has 2 heterocycles. The fourth-order valence-corrected chi connectivity index (χ4v) is 4.21. The predicted molar refractivity (Wildman–Crippen MR) is 76.7 cm³/mol. The van der Waals surface area contributed by atoms with E-state index in [1.54, 1.807) is 6.20 Å². The summed E-state index contributed by atoms with van der Waals surface area (Å²) in [5.41, 5.74) is 1.56. The Morgan fingerprint density at radius 3 is 2.89 bits per heavy atom. The highest BCUT2D eigenvalue weighted by Crippen LogP contribution is 2.22. The van der Waals surface area contributed by atoms with Crippen molar-refractivity contribution in [2.24, 2.45) is 5.92 Å². The van der Waals surface area contributed by atoms with Crippen LogP contribution >= 0.6 is 15.9 Å². The number of amides is 1. The minimum Gasteiger partial charge on any atom is -0.325 e. The molecule has 19 heavy (non-hydrogen) atoms. The number of aryl methyl sites for hydroxylation is 1. The molecule has 1 saturated heterocycles. The molecule has 1 aliphatic rings. The van der Waals surface area contributed by atoms with E-state index in [1.165, 1.54) is 0 Å². The first-order valence-corrected chi connectivity index (χ1v) is 8.59. The number of hydrogen-bond acceptors (Lipinski definition) is 4. The van der Waals surface area contributed by atoms with Crippen molar-refractivity contribution < 1.29 is 13.2 Å². The van der Waals surface area contributed by atoms with Crippen LogP contribution in [0.4, 0.5) is 5.69 Å². The zero-order chi connectivity index (χ0) is 14.0. The van der Waals surface area contributed by atoms with E-state index >= 15 is 0 Å². The van der Waals surface area contributed by atoms with Crippen molar-refractivity contribution in [1.29, 1.82) is 0 Å². The Hall–Kier alpha value is -0.950. The number of pyridine rings is 1. The van der Waals surface area contributed by atoms with Crippen LogP contribution in [-0.4, -0.2) is 30.8 Å². The molecule has 1 unspecified atom stereocenters. The van der Waals surface area contributed by atoms with Gasteiger partial charge in [0, 0.05) is 6.42 Å². The Morgan fingerprint density at radius 2 is 2.32 bits per heavy atom. The maximum atomic E-state index is 11.8. The molecule has 1 N–H and O–H groups in total. The van der Waals surface area contributed by atoms with Crippen LogP contribution in [0.2, 0.25) is 0 Å². The molecule has 0 radical (unpaired) electrons.